The number of nitrogens with zero attached hydrogens (tertiary/aromatic N) is 1. The Morgan fingerprint density at radius 3 is 2.50 bits per heavy atom. The summed E-state index contributed by atoms with van der Waals surface area (Å²) in [5.74, 6) is 0.389. The summed E-state index contributed by atoms with van der Waals surface area (Å²) in [7, 11) is -3.11. The maximum atomic E-state index is 11.3. The van der Waals surface area contributed by atoms with Gasteiger partial charge in [-0.05, 0) is 36.6 Å². The smallest absolute Gasteiger partial charge is 0.175 e. The first-order valence-electron chi connectivity index (χ1n) is 6.11. The topological polar surface area (TPSA) is 57.6 Å². The molecule has 0 aromatic heterocycles. The number of sulfone groups is 1. The molecule has 2 rings (SSSR count). The van der Waals surface area contributed by atoms with Gasteiger partial charge in [0.15, 0.2) is 9.84 Å². The summed E-state index contributed by atoms with van der Waals surface area (Å²) in [5, 5.41) is 9.08. The highest BCUT2D eigenvalue weighted by atomic mass is 32.2. The van der Waals surface area contributed by atoms with Crippen molar-refractivity contribution in [2.24, 2.45) is 5.92 Å². The highest BCUT2D eigenvalue weighted by Crippen LogP contribution is 2.19. The first-order valence-corrected chi connectivity index (χ1v) is 8.00. The van der Waals surface area contributed by atoms with Crippen LogP contribution in [0.4, 0.5) is 0 Å². The monoisotopic (exact) mass is 269 g/mol. The van der Waals surface area contributed by atoms with Crippen LogP contribution < -0.4 is 0 Å². The number of likely N-dealkylation sites (tertiary alicyclic amines) is 1. The normalized spacial score (nSPS) is 21.3. The summed E-state index contributed by atoms with van der Waals surface area (Å²) in [6.07, 6.45) is 2.26. The maximum absolute atomic E-state index is 11.3. The molecule has 1 aliphatic heterocycles. The molecule has 4 nitrogen and oxygen atoms in total. The molecule has 5 heteroatoms. The van der Waals surface area contributed by atoms with Crippen LogP contribution in [-0.4, -0.2) is 44.4 Å². The van der Waals surface area contributed by atoms with Gasteiger partial charge < -0.3 is 5.11 Å². The van der Waals surface area contributed by atoms with Gasteiger partial charge in [0.05, 0.1) is 4.90 Å². The van der Waals surface area contributed by atoms with Gasteiger partial charge in [0.1, 0.15) is 0 Å². The molecule has 1 aromatic carbocycles. The lowest BCUT2D eigenvalue weighted by Gasteiger charge is -2.15. The van der Waals surface area contributed by atoms with Crippen molar-refractivity contribution in [1.29, 1.82) is 0 Å². The number of aliphatic hydroxyl groups is 1. The summed E-state index contributed by atoms with van der Waals surface area (Å²) in [4.78, 5) is 2.65. The van der Waals surface area contributed by atoms with Gasteiger partial charge in [-0.2, -0.15) is 0 Å². The van der Waals surface area contributed by atoms with E-state index in [2.05, 4.69) is 4.90 Å². The predicted octanol–water partition coefficient (Wildman–Crippen LogP) is 0.904. The minimum Gasteiger partial charge on any atom is -0.396 e. The van der Waals surface area contributed by atoms with Gasteiger partial charge in [-0.25, -0.2) is 8.42 Å². The van der Waals surface area contributed by atoms with Crippen molar-refractivity contribution in [3.63, 3.8) is 0 Å². The van der Waals surface area contributed by atoms with E-state index in [9.17, 15) is 8.42 Å². The van der Waals surface area contributed by atoms with Crippen molar-refractivity contribution in [3.8, 4) is 0 Å². The van der Waals surface area contributed by atoms with Gasteiger partial charge in [-0.15, -0.1) is 0 Å². The third-order valence-electron chi connectivity index (χ3n) is 3.39. The Morgan fingerprint density at radius 1 is 1.33 bits per heavy atom. The van der Waals surface area contributed by atoms with Crippen molar-refractivity contribution in [2.75, 3.05) is 26.0 Å². The molecule has 1 unspecified atom stereocenters. The van der Waals surface area contributed by atoms with E-state index >= 15 is 0 Å². The summed E-state index contributed by atoms with van der Waals surface area (Å²) in [5.41, 5.74) is 1.11. The van der Waals surface area contributed by atoms with Crippen LogP contribution in [0.1, 0.15) is 12.0 Å². The van der Waals surface area contributed by atoms with Crippen LogP contribution >= 0.6 is 0 Å². The van der Waals surface area contributed by atoms with Crippen LogP contribution in [0.2, 0.25) is 0 Å². The zero-order valence-corrected chi connectivity index (χ0v) is 11.4. The van der Waals surface area contributed by atoms with Crippen molar-refractivity contribution < 1.29 is 13.5 Å². The molecule has 18 heavy (non-hydrogen) atoms. The Kier molecular flexibility index (Phi) is 4.04. The molecule has 1 N–H and O–H groups in total. The van der Waals surface area contributed by atoms with Gasteiger partial charge in [0, 0.05) is 26.0 Å². The van der Waals surface area contributed by atoms with Gasteiger partial charge in [0.25, 0.3) is 0 Å². The third-order valence-corrected chi connectivity index (χ3v) is 4.51. The zero-order valence-electron chi connectivity index (χ0n) is 10.5. The summed E-state index contributed by atoms with van der Waals surface area (Å²) in [6, 6.07) is 7.04. The fourth-order valence-electron chi connectivity index (χ4n) is 2.31. The maximum Gasteiger partial charge on any atom is 0.175 e. The highest BCUT2D eigenvalue weighted by molar-refractivity contribution is 7.90. The first-order chi connectivity index (χ1) is 8.49. The van der Waals surface area contributed by atoms with E-state index in [1.807, 2.05) is 12.1 Å². The van der Waals surface area contributed by atoms with Crippen molar-refractivity contribution in [1.82, 2.24) is 4.90 Å². The third kappa shape index (κ3) is 3.31. The van der Waals surface area contributed by atoms with Crippen LogP contribution in [0.3, 0.4) is 0 Å². The van der Waals surface area contributed by atoms with Gasteiger partial charge in [-0.3, -0.25) is 4.90 Å². The molecule has 0 spiro atoms. The van der Waals surface area contributed by atoms with Crippen molar-refractivity contribution >= 4 is 9.84 Å². The average Bonchev–Trinajstić information content (AvgIpc) is 2.76. The van der Waals surface area contributed by atoms with Crippen LogP contribution in [0.5, 0.6) is 0 Å². The molecule has 0 saturated carbocycles. The lowest BCUT2D eigenvalue weighted by atomic mass is 10.1. The lowest BCUT2D eigenvalue weighted by Crippen LogP contribution is -2.20. The van der Waals surface area contributed by atoms with Crippen LogP contribution in [0.15, 0.2) is 29.2 Å². The fourth-order valence-corrected chi connectivity index (χ4v) is 2.94. The lowest BCUT2D eigenvalue weighted by molar-refractivity contribution is 0.220. The molecule has 0 aliphatic carbocycles. The molecule has 1 fully saturated rings. The van der Waals surface area contributed by atoms with Gasteiger partial charge >= 0.3 is 0 Å². The predicted molar refractivity (Wildman–Crippen MR) is 70.0 cm³/mol. The Morgan fingerprint density at radius 2 is 2.00 bits per heavy atom. The Hall–Kier alpha value is -0.910. The molecule has 1 aliphatic rings. The van der Waals surface area contributed by atoms with E-state index in [0.717, 1.165) is 31.6 Å². The number of aliphatic hydroxyl groups excluding tert-OH is 1. The van der Waals surface area contributed by atoms with E-state index in [0.29, 0.717) is 10.8 Å². The average molecular weight is 269 g/mol. The Bertz CT molecular complexity index is 495. The molecule has 1 saturated heterocycles. The van der Waals surface area contributed by atoms with Crippen LogP contribution in [0, 0.1) is 5.92 Å². The van der Waals surface area contributed by atoms with Crippen molar-refractivity contribution in [3.05, 3.63) is 29.8 Å². The SMILES string of the molecule is CS(=O)(=O)c1ccc(CN2CCC(CO)C2)cc1. The highest BCUT2D eigenvalue weighted by Gasteiger charge is 2.21. The fraction of sp³-hybridized carbons (Fsp3) is 0.538. The second-order valence-corrected chi connectivity index (χ2v) is 7.00. The molecule has 0 bridgehead atoms. The van der Waals surface area contributed by atoms with Gasteiger partial charge in [-0.1, -0.05) is 12.1 Å². The summed E-state index contributed by atoms with van der Waals surface area (Å²) < 4.78 is 22.7. The van der Waals surface area contributed by atoms with E-state index in [-0.39, 0.29) is 6.61 Å². The van der Waals surface area contributed by atoms with Crippen LogP contribution in [-0.2, 0) is 16.4 Å². The zero-order chi connectivity index (χ0) is 13.2. The molecule has 100 valence electrons. The Labute approximate surface area is 108 Å². The molecular formula is C13H19NO3S. The number of hydrogen-bond acceptors (Lipinski definition) is 4. The van der Waals surface area contributed by atoms with Crippen LogP contribution in [0.25, 0.3) is 0 Å². The molecule has 1 aromatic rings. The van der Waals surface area contributed by atoms with E-state index < -0.39 is 9.84 Å². The van der Waals surface area contributed by atoms with E-state index in [4.69, 9.17) is 5.11 Å². The number of rotatable bonds is 4. The molecule has 0 amide bonds. The second kappa shape index (κ2) is 5.38. The molecule has 1 atom stereocenters. The molecular weight excluding hydrogens is 250 g/mol. The minimum absolute atomic E-state index is 0.253. The summed E-state index contributed by atoms with van der Waals surface area (Å²) >= 11 is 0. The molecule has 0 radical (unpaired) electrons. The number of hydrogen-bond donors (Lipinski definition) is 1. The Balaban J connectivity index is 1.99. The number of benzene rings is 1. The standard InChI is InChI=1S/C13H19NO3S/c1-18(16,17)13-4-2-11(3-5-13)8-14-7-6-12(9-14)10-15/h2-5,12,15H,6-10H2,1H3. The van der Waals surface area contributed by atoms with E-state index in [1.54, 1.807) is 12.1 Å². The van der Waals surface area contributed by atoms with Crippen molar-refractivity contribution in [2.45, 2.75) is 17.9 Å². The quantitative estimate of drug-likeness (QED) is 0.882. The first kappa shape index (κ1) is 13.5. The largest absolute Gasteiger partial charge is 0.396 e. The van der Waals surface area contributed by atoms with E-state index in [1.165, 1.54) is 6.26 Å². The summed E-state index contributed by atoms with van der Waals surface area (Å²) in [6.45, 7) is 2.99. The molecule has 1 heterocycles. The minimum atomic E-state index is -3.11. The second-order valence-electron chi connectivity index (χ2n) is 4.99. The van der Waals surface area contributed by atoms with Gasteiger partial charge in [0.2, 0.25) is 0 Å².